The molecule has 6 nitrogen and oxygen atoms in total. The lowest BCUT2D eigenvalue weighted by Crippen LogP contribution is -2.40. The van der Waals surface area contributed by atoms with E-state index in [0.717, 1.165) is 16.6 Å². The number of carboxylic acid groups (broad SMARTS) is 1. The van der Waals surface area contributed by atoms with Gasteiger partial charge in [-0.2, -0.15) is 4.31 Å². The Morgan fingerprint density at radius 2 is 2.28 bits per heavy atom. The van der Waals surface area contributed by atoms with Crippen molar-refractivity contribution in [3.8, 4) is 0 Å². The fourth-order valence-corrected chi connectivity index (χ4v) is 3.58. The topological polar surface area (TPSA) is 87.6 Å². The molecule has 1 fully saturated rings. The maximum atomic E-state index is 13.5. The molecule has 0 aliphatic carbocycles. The molecule has 2 heterocycles. The highest BCUT2D eigenvalue weighted by atomic mass is 32.2. The zero-order chi connectivity index (χ0) is 13.3. The molecule has 18 heavy (non-hydrogen) atoms. The first-order chi connectivity index (χ1) is 8.44. The smallest absolute Gasteiger partial charge is 0.322 e. The number of aliphatic carboxylic acids is 1. The summed E-state index contributed by atoms with van der Waals surface area (Å²) in [6.07, 6.45) is 1.81. The van der Waals surface area contributed by atoms with Gasteiger partial charge in [0.2, 0.25) is 5.03 Å². The molecule has 1 aliphatic rings. The summed E-state index contributed by atoms with van der Waals surface area (Å²) in [6.45, 7) is 0.0648. The summed E-state index contributed by atoms with van der Waals surface area (Å²) in [5.74, 6) is -2.21. The van der Waals surface area contributed by atoms with E-state index in [1.165, 1.54) is 6.07 Å². The number of nitrogens with zero attached hydrogens (tertiary/aromatic N) is 2. The van der Waals surface area contributed by atoms with Gasteiger partial charge >= 0.3 is 5.97 Å². The van der Waals surface area contributed by atoms with E-state index in [1.54, 1.807) is 0 Å². The zero-order valence-corrected chi connectivity index (χ0v) is 10.1. The Bertz CT molecular complexity index is 575. The summed E-state index contributed by atoms with van der Waals surface area (Å²) >= 11 is 0. The Balaban J connectivity index is 2.43. The first-order valence-corrected chi connectivity index (χ1v) is 6.74. The van der Waals surface area contributed by atoms with Crippen molar-refractivity contribution in [1.82, 2.24) is 9.29 Å². The van der Waals surface area contributed by atoms with Crippen molar-refractivity contribution in [2.45, 2.75) is 23.9 Å². The van der Waals surface area contributed by atoms with Crippen LogP contribution in [-0.4, -0.2) is 41.4 Å². The van der Waals surface area contributed by atoms with Gasteiger partial charge in [-0.05, 0) is 25.0 Å². The number of carbonyl (C=O) groups is 1. The summed E-state index contributed by atoms with van der Waals surface area (Å²) in [7, 11) is -4.20. The SMILES string of the molecule is O=C(O)C1CCCN1S(=O)(=O)c1ncccc1F. The highest BCUT2D eigenvalue weighted by molar-refractivity contribution is 7.89. The molecule has 98 valence electrons. The predicted molar refractivity (Wildman–Crippen MR) is 58.7 cm³/mol. The first-order valence-electron chi connectivity index (χ1n) is 5.30. The maximum absolute atomic E-state index is 13.5. The number of hydrogen-bond acceptors (Lipinski definition) is 4. The number of rotatable bonds is 3. The molecule has 0 bridgehead atoms. The first kappa shape index (κ1) is 12.9. The van der Waals surface area contributed by atoms with Gasteiger partial charge in [0.15, 0.2) is 5.82 Å². The number of pyridine rings is 1. The Hall–Kier alpha value is -1.54. The van der Waals surface area contributed by atoms with Crippen LogP contribution in [0.1, 0.15) is 12.8 Å². The van der Waals surface area contributed by atoms with Crippen LogP contribution >= 0.6 is 0 Å². The standard InChI is InChI=1S/C10H11FN2O4S/c11-7-3-1-5-12-9(7)18(16,17)13-6-2-4-8(13)10(14)15/h1,3,5,8H,2,4,6H2,(H,14,15). The van der Waals surface area contributed by atoms with Crippen LogP contribution < -0.4 is 0 Å². The third kappa shape index (κ3) is 2.08. The van der Waals surface area contributed by atoms with Crippen LogP contribution in [0.15, 0.2) is 23.4 Å². The van der Waals surface area contributed by atoms with E-state index in [2.05, 4.69) is 4.98 Å². The van der Waals surface area contributed by atoms with E-state index >= 15 is 0 Å². The number of aromatic nitrogens is 1. The molecule has 0 spiro atoms. The number of halogens is 1. The van der Waals surface area contributed by atoms with Gasteiger partial charge < -0.3 is 5.11 Å². The van der Waals surface area contributed by atoms with Crippen molar-refractivity contribution in [3.05, 3.63) is 24.1 Å². The van der Waals surface area contributed by atoms with Crippen molar-refractivity contribution in [2.75, 3.05) is 6.54 Å². The van der Waals surface area contributed by atoms with Crippen molar-refractivity contribution in [1.29, 1.82) is 0 Å². The Kier molecular flexibility index (Phi) is 3.31. The van der Waals surface area contributed by atoms with Gasteiger partial charge in [-0.1, -0.05) is 0 Å². The number of hydrogen-bond donors (Lipinski definition) is 1. The van der Waals surface area contributed by atoms with Gasteiger partial charge in [-0.25, -0.2) is 17.8 Å². The van der Waals surface area contributed by atoms with E-state index in [4.69, 9.17) is 5.11 Å². The third-order valence-electron chi connectivity index (χ3n) is 2.77. The highest BCUT2D eigenvalue weighted by Gasteiger charge is 2.41. The molecule has 1 aromatic heterocycles. The molecule has 8 heteroatoms. The average Bonchev–Trinajstić information content (AvgIpc) is 2.78. The third-order valence-corrected chi connectivity index (χ3v) is 4.61. The second-order valence-corrected chi connectivity index (χ2v) is 5.71. The normalized spacial score (nSPS) is 21.1. The molecule has 1 atom stereocenters. The minimum absolute atomic E-state index is 0.0648. The largest absolute Gasteiger partial charge is 0.480 e. The van der Waals surface area contributed by atoms with Crippen LogP contribution in [-0.2, 0) is 14.8 Å². The molecule has 0 amide bonds. The molecule has 1 aromatic rings. The lowest BCUT2D eigenvalue weighted by Gasteiger charge is -2.20. The summed E-state index contributed by atoms with van der Waals surface area (Å²) in [6, 6.07) is 1.11. The highest BCUT2D eigenvalue weighted by Crippen LogP contribution is 2.26. The Morgan fingerprint density at radius 3 is 2.89 bits per heavy atom. The van der Waals surface area contributed by atoms with E-state index in [-0.39, 0.29) is 13.0 Å². The van der Waals surface area contributed by atoms with E-state index in [0.29, 0.717) is 6.42 Å². The monoisotopic (exact) mass is 274 g/mol. The summed E-state index contributed by atoms with van der Waals surface area (Å²) in [5.41, 5.74) is 0. The van der Waals surface area contributed by atoms with Crippen LogP contribution in [0.3, 0.4) is 0 Å². The molecule has 0 saturated carbocycles. The van der Waals surface area contributed by atoms with Crippen LogP contribution in [0, 0.1) is 5.82 Å². The Morgan fingerprint density at radius 1 is 1.56 bits per heavy atom. The molecule has 0 aromatic carbocycles. The molecule has 1 saturated heterocycles. The zero-order valence-electron chi connectivity index (χ0n) is 9.28. The van der Waals surface area contributed by atoms with Gasteiger partial charge in [-0.15, -0.1) is 0 Å². The summed E-state index contributed by atoms with van der Waals surface area (Å²) in [4.78, 5) is 14.4. The van der Waals surface area contributed by atoms with Crippen molar-refractivity contribution in [2.24, 2.45) is 0 Å². The fraction of sp³-hybridized carbons (Fsp3) is 0.400. The average molecular weight is 274 g/mol. The van der Waals surface area contributed by atoms with Crippen LogP contribution in [0.25, 0.3) is 0 Å². The molecular formula is C10H11FN2O4S. The molecule has 0 radical (unpaired) electrons. The summed E-state index contributed by atoms with van der Waals surface area (Å²) in [5, 5.41) is 8.22. The van der Waals surface area contributed by atoms with Crippen LogP contribution in [0.5, 0.6) is 0 Å². The van der Waals surface area contributed by atoms with Gasteiger partial charge in [0.05, 0.1) is 0 Å². The van der Waals surface area contributed by atoms with E-state index in [1.807, 2.05) is 0 Å². The molecule has 2 rings (SSSR count). The van der Waals surface area contributed by atoms with Crippen LogP contribution in [0.2, 0.25) is 0 Å². The lowest BCUT2D eigenvalue weighted by molar-refractivity contribution is -0.140. The second-order valence-electron chi connectivity index (χ2n) is 3.90. The summed E-state index contributed by atoms with van der Waals surface area (Å²) < 4.78 is 38.5. The molecule has 1 N–H and O–H groups in total. The van der Waals surface area contributed by atoms with Gasteiger partial charge in [-0.3, -0.25) is 4.79 Å². The quantitative estimate of drug-likeness (QED) is 0.865. The minimum atomic E-state index is -4.20. The second kappa shape index (κ2) is 4.62. The minimum Gasteiger partial charge on any atom is -0.480 e. The van der Waals surface area contributed by atoms with Gasteiger partial charge in [0, 0.05) is 12.7 Å². The van der Waals surface area contributed by atoms with Crippen molar-refractivity contribution < 1.29 is 22.7 Å². The number of carboxylic acids is 1. The Labute approximate surface area is 103 Å². The fourth-order valence-electron chi connectivity index (χ4n) is 1.95. The lowest BCUT2D eigenvalue weighted by atomic mass is 10.2. The maximum Gasteiger partial charge on any atom is 0.322 e. The van der Waals surface area contributed by atoms with E-state index < -0.39 is 32.9 Å². The molecular weight excluding hydrogens is 263 g/mol. The van der Waals surface area contributed by atoms with Crippen molar-refractivity contribution >= 4 is 16.0 Å². The number of sulfonamides is 1. The van der Waals surface area contributed by atoms with Crippen molar-refractivity contribution in [3.63, 3.8) is 0 Å². The molecule has 1 aliphatic heterocycles. The van der Waals surface area contributed by atoms with E-state index in [9.17, 15) is 17.6 Å². The van der Waals surface area contributed by atoms with Gasteiger partial charge in [0.25, 0.3) is 10.0 Å². The van der Waals surface area contributed by atoms with Crippen LogP contribution in [0.4, 0.5) is 4.39 Å². The predicted octanol–water partition coefficient (Wildman–Crippen LogP) is 0.458. The molecule has 1 unspecified atom stereocenters. The van der Waals surface area contributed by atoms with Gasteiger partial charge in [0.1, 0.15) is 6.04 Å².